The third-order valence-electron chi connectivity index (χ3n) is 2.18. The molecule has 0 bridgehead atoms. The van der Waals surface area contributed by atoms with Gasteiger partial charge in [-0.05, 0) is 6.42 Å². The fraction of sp³-hybridized carbons (Fsp3) is 0.700. The van der Waals surface area contributed by atoms with Crippen LogP contribution in [0.25, 0.3) is 0 Å². The van der Waals surface area contributed by atoms with E-state index in [0.717, 1.165) is 0 Å². The van der Waals surface area contributed by atoms with Crippen LogP contribution in [0.5, 0.6) is 0 Å². The molecule has 0 rings (SSSR count). The molecular formula is C10H19NO4S. The van der Waals surface area contributed by atoms with Crippen LogP contribution in [0.3, 0.4) is 0 Å². The smallest absolute Gasteiger partial charge is 0.331 e. The molecule has 0 aliphatic carbocycles. The Morgan fingerprint density at radius 3 is 2.44 bits per heavy atom. The molecule has 0 aromatic rings. The first-order valence-corrected chi connectivity index (χ1v) is 7.08. The molecule has 0 unspecified atom stereocenters. The van der Waals surface area contributed by atoms with Crippen LogP contribution in [0.15, 0.2) is 11.6 Å². The van der Waals surface area contributed by atoms with E-state index in [9.17, 15) is 13.2 Å². The summed E-state index contributed by atoms with van der Waals surface area (Å²) in [6.45, 7) is 4.11. The minimum Gasteiger partial charge on any atom is -0.478 e. The highest BCUT2D eigenvalue weighted by Crippen LogP contribution is 1.98. The van der Waals surface area contributed by atoms with Crippen LogP contribution in [-0.4, -0.2) is 44.1 Å². The van der Waals surface area contributed by atoms with E-state index in [1.54, 1.807) is 19.9 Å². The average Bonchev–Trinajstić information content (AvgIpc) is 2.22. The van der Waals surface area contributed by atoms with Crippen molar-refractivity contribution in [3.8, 4) is 0 Å². The second kappa shape index (κ2) is 7.40. The second-order valence-corrected chi connectivity index (χ2v) is 5.80. The third-order valence-corrected chi connectivity index (χ3v) is 3.88. The third kappa shape index (κ3) is 6.58. The molecule has 16 heavy (non-hydrogen) atoms. The number of carboxylic acid groups (broad SMARTS) is 1. The molecule has 0 aliphatic heterocycles. The monoisotopic (exact) mass is 249 g/mol. The molecule has 0 heterocycles. The average molecular weight is 249 g/mol. The van der Waals surface area contributed by atoms with E-state index >= 15 is 0 Å². The Bertz CT molecular complexity index is 346. The molecule has 0 aromatic carbocycles. The number of hydrogen-bond donors (Lipinski definition) is 2. The van der Waals surface area contributed by atoms with Crippen LogP contribution in [0.2, 0.25) is 0 Å². The highest BCUT2D eigenvalue weighted by Gasteiger charge is 2.06. The molecule has 5 nitrogen and oxygen atoms in total. The van der Waals surface area contributed by atoms with E-state index in [4.69, 9.17) is 5.11 Å². The molecule has 0 spiro atoms. The first-order chi connectivity index (χ1) is 7.43. The lowest BCUT2D eigenvalue weighted by Crippen LogP contribution is -2.24. The summed E-state index contributed by atoms with van der Waals surface area (Å²) in [4.78, 5) is 10.6. The normalized spacial score (nSPS) is 12.8. The number of aliphatic carboxylic acids is 1. The summed E-state index contributed by atoms with van der Waals surface area (Å²) in [6, 6.07) is 0. The number of carbonyl (C=O) groups is 1. The van der Waals surface area contributed by atoms with Gasteiger partial charge >= 0.3 is 5.97 Å². The Morgan fingerprint density at radius 1 is 1.38 bits per heavy atom. The fourth-order valence-corrected chi connectivity index (χ4v) is 1.80. The van der Waals surface area contributed by atoms with Crippen molar-refractivity contribution in [2.24, 2.45) is 0 Å². The predicted molar refractivity (Wildman–Crippen MR) is 63.2 cm³/mol. The van der Waals surface area contributed by atoms with Crippen LogP contribution in [0, 0.1) is 0 Å². The minimum atomic E-state index is -2.94. The van der Waals surface area contributed by atoms with Gasteiger partial charge in [-0.1, -0.05) is 19.9 Å². The van der Waals surface area contributed by atoms with Gasteiger partial charge in [0.15, 0.2) is 9.84 Å². The van der Waals surface area contributed by atoms with Crippen molar-refractivity contribution in [1.82, 2.24) is 5.32 Å². The highest BCUT2D eigenvalue weighted by atomic mass is 32.2. The first-order valence-electron chi connectivity index (χ1n) is 5.26. The molecule has 0 fully saturated rings. The number of rotatable bonds is 8. The summed E-state index contributed by atoms with van der Waals surface area (Å²) in [5.74, 6) is -0.698. The quantitative estimate of drug-likeness (QED) is 0.481. The molecule has 0 aromatic heterocycles. The zero-order valence-corrected chi connectivity index (χ0v) is 10.5. The van der Waals surface area contributed by atoms with E-state index < -0.39 is 15.8 Å². The Hall–Kier alpha value is -0.880. The molecule has 2 N–H and O–H groups in total. The molecule has 6 heteroatoms. The van der Waals surface area contributed by atoms with Gasteiger partial charge in [0.1, 0.15) is 0 Å². The van der Waals surface area contributed by atoms with Crippen molar-refractivity contribution in [3.63, 3.8) is 0 Å². The van der Waals surface area contributed by atoms with Crippen LogP contribution < -0.4 is 5.32 Å². The summed E-state index contributed by atoms with van der Waals surface area (Å²) in [5.41, 5.74) is 0.339. The molecule has 94 valence electrons. The van der Waals surface area contributed by atoms with E-state index in [-0.39, 0.29) is 11.5 Å². The van der Waals surface area contributed by atoms with Crippen molar-refractivity contribution in [2.75, 3.05) is 24.6 Å². The van der Waals surface area contributed by atoms with Crippen molar-refractivity contribution >= 4 is 15.8 Å². The van der Waals surface area contributed by atoms with Crippen LogP contribution in [0.4, 0.5) is 0 Å². The summed E-state index contributed by atoms with van der Waals surface area (Å²) < 4.78 is 22.2. The van der Waals surface area contributed by atoms with E-state index in [1.807, 2.05) is 0 Å². The molecule has 0 saturated carbocycles. The zero-order chi connectivity index (χ0) is 12.6. The van der Waals surface area contributed by atoms with Crippen molar-refractivity contribution in [2.45, 2.75) is 20.3 Å². The van der Waals surface area contributed by atoms with Crippen molar-refractivity contribution in [3.05, 3.63) is 11.6 Å². The van der Waals surface area contributed by atoms with Gasteiger partial charge in [0.05, 0.1) is 5.75 Å². The van der Waals surface area contributed by atoms with E-state index in [2.05, 4.69) is 5.32 Å². The minimum absolute atomic E-state index is 0.0892. The lowest BCUT2D eigenvalue weighted by atomic mass is 10.2. The van der Waals surface area contributed by atoms with Gasteiger partial charge in [0.2, 0.25) is 0 Å². The summed E-state index contributed by atoms with van der Waals surface area (Å²) in [5, 5.41) is 11.6. The first kappa shape index (κ1) is 15.1. The Labute approximate surface area is 96.5 Å². The van der Waals surface area contributed by atoms with Crippen molar-refractivity contribution in [1.29, 1.82) is 0 Å². The van der Waals surface area contributed by atoms with Crippen LogP contribution in [-0.2, 0) is 14.6 Å². The Balaban J connectivity index is 3.88. The Kier molecular flexibility index (Phi) is 7.00. The summed E-state index contributed by atoms with van der Waals surface area (Å²) in [7, 11) is -2.94. The number of sulfone groups is 1. The van der Waals surface area contributed by atoms with Gasteiger partial charge in [0.25, 0.3) is 0 Å². The summed E-state index contributed by atoms with van der Waals surface area (Å²) in [6.07, 6.45) is 2.03. The lowest BCUT2D eigenvalue weighted by molar-refractivity contribution is -0.132. The molecule has 0 saturated heterocycles. The second-order valence-electron chi connectivity index (χ2n) is 3.33. The molecule has 0 aliphatic rings. The topological polar surface area (TPSA) is 83.5 Å². The Morgan fingerprint density at radius 2 is 2.00 bits per heavy atom. The van der Waals surface area contributed by atoms with E-state index in [1.165, 1.54) is 0 Å². The maximum atomic E-state index is 11.1. The fourth-order valence-electron chi connectivity index (χ4n) is 1.05. The zero-order valence-electron chi connectivity index (χ0n) is 9.69. The number of hydrogen-bond acceptors (Lipinski definition) is 4. The highest BCUT2D eigenvalue weighted by molar-refractivity contribution is 7.91. The summed E-state index contributed by atoms with van der Waals surface area (Å²) >= 11 is 0. The number of carboxylic acids is 1. The van der Waals surface area contributed by atoms with Gasteiger partial charge in [-0.3, -0.25) is 0 Å². The van der Waals surface area contributed by atoms with E-state index in [0.29, 0.717) is 25.1 Å². The lowest BCUT2D eigenvalue weighted by Gasteiger charge is -2.03. The standard InChI is InChI=1S/C10H19NO4S/c1-3-9(10(12)13)5-6-11-7-8-16(14,15)4-2/h5,11H,3-4,6-8H2,1-2H3,(H,12,13). The van der Waals surface area contributed by atoms with Gasteiger partial charge in [-0.2, -0.15) is 0 Å². The molecule has 0 amide bonds. The SMILES string of the molecule is CCC(=CCNCCS(=O)(=O)CC)C(=O)O. The number of nitrogens with one attached hydrogen (secondary N) is 1. The molecule has 0 radical (unpaired) electrons. The predicted octanol–water partition coefficient (Wildman–Crippen LogP) is 0.432. The van der Waals surface area contributed by atoms with Gasteiger partial charge in [0, 0.05) is 24.4 Å². The molecule has 0 atom stereocenters. The van der Waals surface area contributed by atoms with Crippen LogP contribution >= 0.6 is 0 Å². The maximum Gasteiger partial charge on any atom is 0.331 e. The largest absolute Gasteiger partial charge is 0.478 e. The van der Waals surface area contributed by atoms with Gasteiger partial charge < -0.3 is 10.4 Å². The molecular weight excluding hydrogens is 230 g/mol. The van der Waals surface area contributed by atoms with Crippen LogP contribution in [0.1, 0.15) is 20.3 Å². The maximum absolute atomic E-state index is 11.1. The van der Waals surface area contributed by atoms with Gasteiger partial charge in [-0.25, -0.2) is 13.2 Å². The van der Waals surface area contributed by atoms with Gasteiger partial charge in [-0.15, -0.1) is 0 Å². The van der Waals surface area contributed by atoms with Crippen molar-refractivity contribution < 1.29 is 18.3 Å².